The summed E-state index contributed by atoms with van der Waals surface area (Å²) in [6.45, 7) is 0. The van der Waals surface area contributed by atoms with Crippen LogP contribution in [0.25, 0.3) is 11.5 Å². The minimum Gasteiger partial charge on any atom is -0.506 e. The van der Waals surface area contributed by atoms with Gasteiger partial charge in [-0.2, -0.15) is 4.98 Å². The molecule has 1 heterocycles. The number of nitrogens with zero attached hydrogens (tertiary/aromatic N) is 2. The number of aromatic nitrogens is 2. The Balaban J connectivity index is 1.82. The van der Waals surface area contributed by atoms with E-state index >= 15 is 0 Å². The fourth-order valence-electron chi connectivity index (χ4n) is 1.87. The molecule has 0 fully saturated rings. The molecular weight excluding hydrogens is 311 g/mol. The van der Waals surface area contributed by atoms with Crippen molar-refractivity contribution in [1.29, 1.82) is 0 Å². The molecule has 0 bridgehead atoms. The van der Waals surface area contributed by atoms with E-state index in [0.29, 0.717) is 28.7 Å². The minimum absolute atomic E-state index is 0.0151. The summed E-state index contributed by atoms with van der Waals surface area (Å²) in [5, 5.41) is 14.3. The van der Waals surface area contributed by atoms with Crippen LogP contribution >= 0.6 is 23.2 Å². The zero-order chi connectivity index (χ0) is 14.8. The van der Waals surface area contributed by atoms with Crippen molar-refractivity contribution in [3.05, 3.63) is 63.9 Å². The Kier molecular flexibility index (Phi) is 3.82. The van der Waals surface area contributed by atoms with Crippen molar-refractivity contribution in [1.82, 2.24) is 10.1 Å². The molecule has 1 N–H and O–H groups in total. The van der Waals surface area contributed by atoms with Gasteiger partial charge in [0.1, 0.15) is 5.75 Å². The van der Waals surface area contributed by atoms with Crippen LogP contribution in [-0.2, 0) is 6.42 Å². The van der Waals surface area contributed by atoms with E-state index in [4.69, 9.17) is 27.7 Å². The van der Waals surface area contributed by atoms with Gasteiger partial charge < -0.3 is 9.63 Å². The number of rotatable bonds is 3. The normalized spacial score (nSPS) is 10.8. The van der Waals surface area contributed by atoms with E-state index in [1.54, 1.807) is 12.1 Å². The standard InChI is InChI=1S/C15H10Cl2N2O2/c16-11-4-1-9(2-5-11)7-14-18-15(21-19-14)10-3-6-13(20)12(17)8-10/h1-6,8,20H,7H2. The number of phenols is 1. The highest BCUT2D eigenvalue weighted by Crippen LogP contribution is 2.28. The molecule has 6 heteroatoms. The van der Waals surface area contributed by atoms with Gasteiger partial charge in [-0.05, 0) is 35.9 Å². The average Bonchev–Trinajstić information content (AvgIpc) is 2.93. The Morgan fingerprint density at radius 2 is 1.81 bits per heavy atom. The zero-order valence-electron chi connectivity index (χ0n) is 10.8. The van der Waals surface area contributed by atoms with Gasteiger partial charge in [0, 0.05) is 17.0 Å². The Morgan fingerprint density at radius 3 is 2.52 bits per heavy atom. The van der Waals surface area contributed by atoms with Crippen LogP contribution in [0.5, 0.6) is 5.75 Å². The number of benzene rings is 2. The van der Waals surface area contributed by atoms with E-state index in [2.05, 4.69) is 10.1 Å². The first-order valence-electron chi connectivity index (χ1n) is 6.18. The summed E-state index contributed by atoms with van der Waals surface area (Å²) in [7, 11) is 0. The van der Waals surface area contributed by atoms with Gasteiger partial charge >= 0.3 is 0 Å². The first-order chi connectivity index (χ1) is 10.1. The highest BCUT2D eigenvalue weighted by atomic mass is 35.5. The lowest BCUT2D eigenvalue weighted by Gasteiger charge is -1.98. The number of hydrogen-bond acceptors (Lipinski definition) is 4. The van der Waals surface area contributed by atoms with Crippen LogP contribution in [0.1, 0.15) is 11.4 Å². The number of aromatic hydroxyl groups is 1. The quantitative estimate of drug-likeness (QED) is 0.779. The Hall–Kier alpha value is -2.04. The fraction of sp³-hybridized carbons (Fsp3) is 0.0667. The van der Waals surface area contributed by atoms with E-state index < -0.39 is 0 Å². The van der Waals surface area contributed by atoms with Gasteiger partial charge in [0.15, 0.2) is 5.82 Å². The second-order valence-corrected chi connectivity index (χ2v) is 5.33. The summed E-state index contributed by atoms with van der Waals surface area (Å²) in [5.41, 5.74) is 1.70. The van der Waals surface area contributed by atoms with Crippen LogP contribution in [0.2, 0.25) is 10.0 Å². The van der Waals surface area contributed by atoms with E-state index in [9.17, 15) is 5.11 Å². The zero-order valence-corrected chi connectivity index (χ0v) is 12.3. The Bertz CT molecular complexity index is 770. The molecule has 1 aromatic heterocycles. The smallest absolute Gasteiger partial charge is 0.257 e. The van der Waals surface area contributed by atoms with Crippen molar-refractivity contribution in [3.8, 4) is 17.2 Å². The predicted octanol–water partition coefficient (Wildman–Crippen LogP) is 4.34. The highest BCUT2D eigenvalue weighted by Gasteiger charge is 2.11. The fourth-order valence-corrected chi connectivity index (χ4v) is 2.17. The monoisotopic (exact) mass is 320 g/mol. The third-order valence-electron chi connectivity index (χ3n) is 2.94. The lowest BCUT2D eigenvalue weighted by Crippen LogP contribution is -1.90. The second kappa shape index (κ2) is 5.76. The third-order valence-corrected chi connectivity index (χ3v) is 3.49. The molecule has 0 saturated carbocycles. The van der Waals surface area contributed by atoms with Gasteiger partial charge in [-0.25, -0.2) is 0 Å². The van der Waals surface area contributed by atoms with Crippen LogP contribution in [0.4, 0.5) is 0 Å². The Morgan fingerprint density at radius 1 is 1.05 bits per heavy atom. The van der Waals surface area contributed by atoms with Gasteiger partial charge in [-0.15, -0.1) is 0 Å². The van der Waals surface area contributed by atoms with Crippen LogP contribution in [0.3, 0.4) is 0 Å². The maximum absolute atomic E-state index is 9.40. The lowest BCUT2D eigenvalue weighted by atomic mass is 10.1. The summed E-state index contributed by atoms with van der Waals surface area (Å²) < 4.78 is 5.21. The number of phenolic OH excluding ortho intramolecular Hbond substituents is 1. The van der Waals surface area contributed by atoms with Crippen LogP contribution in [0.15, 0.2) is 47.0 Å². The summed E-state index contributed by atoms with van der Waals surface area (Å²) in [6, 6.07) is 12.2. The van der Waals surface area contributed by atoms with Gasteiger partial charge in [-0.3, -0.25) is 0 Å². The van der Waals surface area contributed by atoms with Crippen LogP contribution in [0, 0.1) is 0 Å². The van der Waals surface area contributed by atoms with E-state index in [1.807, 2.05) is 24.3 Å². The average molecular weight is 321 g/mol. The molecule has 0 radical (unpaired) electrons. The molecule has 3 rings (SSSR count). The molecular formula is C15H10Cl2N2O2. The van der Waals surface area contributed by atoms with Crippen LogP contribution in [-0.4, -0.2) is 15.2 Å². The van der Waals surface area contributed by atoms with E-state index in [0.717, 1.165) is 5.56 Å². The molecule has 4 nitrogen and oxygen atoms in total. The lowest BCUT2D eigenvalue weighted by molar-refractivity contribution is 0.423. The molecule has 0 atom stereocenters. The van der Waals surface area contributed by atoms with Gasteiger partial charge in [0.25, 0.3) is 5.89 Å². The van der Waals surface area contributed by atoms with Gasteiger partial charge in [-0.1, -0.05) is 40.5 Å². The van der Waals surface area contributed by atoms with Crippen molar-refractivity contribution in [2.75, 3.05) is 0 Å². The topological polar surface area (TPSA) is 59.2 Å². The largest absolute Gasteiger partial charge is 0.506 e. The van der Waals surface area contributed by atoms with Gasteiger partial charge in [0.2, 0.25) is 0 Å². The SMILES string of the molecule is Oc1ccc(-c2nc(Cc3ccc(Cl)cc3)no2)cc1Cl. The summed E-state index contributed by atoms with van der Waals surface area (Å²) in [6.07, 6.45) is 0.548. The number of halogens is 2. The van der Waals surface area contributed by atoms with E-state index in [1.165, 1.54) is 6.07 Å². The molecule has 0 aliphatic carbocycles. The van der Waals surface area contributed by atoms with Crippen molar-refractivity contribution in [2.45, 2.75) is 6.42 Å². The molecule has 0 unspecified atom stereocenters. The summed E-state index contributed by atoms with van der Waals surface area (Å²) in [4.78, 5) is 4.32. The first-order valence-corrected chi connectivity index (χ1v) is 6.93. The number of hydrogen-bond donors (Lipinski definition) is 1. The first kappa shape index (κ1) is 13.9. The molecule has 0 amide bonds. The maximum atomic E-state index is 9.40. The minimum atomic E-state index is 0.0151. The molecule has 0 saturated heterocycles. The van der Waals surface area contributed by atoms with E-state index in [-0.39, 0.29) is 10.8 Å². The molecule has 0 aliphatic heterocycles. The molecule has 0 aliphatic rings. The van der Waals surface area contributed by atoms with Crippen LogP contribution < -0.4 is 0 Å². The molecule has 2 aromatic carbocycles. The van der Waals surface area contributed by atoms with Crippen molar-refractivity contribution in [3.63, 3.8) is 0 Å². The third kappa shape index (κ3) is 3.17. The van der Waals surface area contributed by atoms with Crippen molar-refractivity contribution >= 4 is 23.2 Å². The predicted molar refractivity (Wildman–Crippen MR) is 80.7 cm³/mol. The summed E-state index contributed by atoms with van der Waals surface area (Å²) >= 11 is 11.7. The molecule has 3 aromatic rings. The summed E-state index contributed by atoms with van der Waals surface area (Å²) in [5.74, 6) is 0.943. The van der Waals surface area contributed by atoms with Crippen molar-refractivity contribution < 1.29 is 9.63 Å². The second-order valence-electron chi connectivity index (χ2n) is 4.49. The molecule has 0 spiro atoms. The van der Waals surface area contributed by atoms with Crippen molar-refractivity contribution in [2.24, 2.45) is 0 Å². The maximum Gasteiger partial charge on any atom is 0.257 e. The highest BCUT2D eigenvalue weighted by molar-refractivity contribution is 6.32. The Labute approximate surface area is 130 Å². The van der Waals surface area contributed by atoms with Gasteiger partial charge in [0.05, 0.1) is 5.02 Å². The molecule has 106 valence electrons. The molecule has 21 heavy (non-hydrogen) atoms.